The first-order valence-electron chi connectivity index (χ1n) is 5.49. The van der Waals surface area contributed by atoms with Crippen LogP contribution in [0.5, 0.6) is 0 Å². The lowest BCUT2D eigenvalue weighted by molar-refractivity contribution is 0.617. The summed E-state index contributed by atoms with van der Waals surface area (Å²) in [6.07, 6.45) is 3.43. The van der Waals surface area contributed by atoms with Gasteiger partial charge in [0.1, 0.15) is 6.33 Å². The van der Waals surface area contributed by atoms with Crippen molar-refractivity contribution in [2.45, 2.75) is 13.0 Å². The molecular formula is C12H15N5. The quantitative estimate of drug-likeness (QED) is 0.789. The molecule has 0 saturated carbocycles. The lowest BCUT2D eigenvalue weighted by Crippen LogP contribution is -2.18. The van der Waals surface area contributed by atoms with Crippen molar-refractivity contribution in [3.63, 3.8) is 0 Å². The number of hydrogen-bond donors (Lipinski definition) is 1. The van der Waals surface area contributed by atoms with Crippen LogP contribution in [0.1, 0.15) is 18.5 Å². The van der Waals surface area contributed by atoms with Gasteiger partial charge in [0.15, 0.2) is 0 Å². The molecule has 17 heavy (non-hydrogen) atoms. The van der Waals surface area contributed by atoms with Crippen LogP contribution in [0.25, 0.3) is 5.69 Å². The third-order valence-corrected chi connectivity index (χ3v) is 2.55. The Balaban J connectivity index is 2.19. The molecule has 0 aliphatic rings. The van der Waals surface area contributed by atoms with Gasteiger partial charge in [-0.15, -0.1) is 11.7 Å². The Hall–Kier alpha value is -2.01. The fourth-order valence-corrected chi connectivity index (χ4v) is 1.59. The Labute approximate surface area is 100 Å². The molecule has 0 unspecified atom stereocenters. The predicted octanol–water partition coefficient (Wildman–Crippen LogP) is 1.50. The molecule has 0 aliphatic heterocycles. The average molecular weight is 229 g/mol. The van der Waals surface area contributed by atoms with Crippen LogP contribution >= 0.6 is 0 Å². The first kappa shape index (κ1) is 11.5. The van der Waals surface area contributed by atoms with Crippen molar-refractivity contribution >= 4 is 0 Å². The van der Waals surface area contributed by atoms with E-state index in [1.807, 2.05) is 18.2 Å². The minimum absolute atomic E-state index is 0.268. The molecule has 5 nitrogen and oxygen atoms in total. The summed E-state index contributed by atoms with van der Waals surface area (Å²) in [5.41, 5.74) is 2.15. The van der Waals surface area contributed by atoms with Crippen molar-refractivity contribution in [1.29, 1.82) is 0 Å². The smallest absolute Gasteiger partial charge is 0.143 e. The van der Waals surface area contributed by atoms with E-state index in [1.165, 1.54) is 5.56 Å². The van der Waals surface area contributed by atoms with E-state index in [0.717, 1.165) is 12.2 Å². The fraction of sp³-hybridized carbons (Fsp3) is 0.250. The molecule has 2 rings (SSSR count). The molecule has 0 amide bonds. The van der Waals surface area contributed by atoms with Crippen LogP contribution in [0.3, 0.4) is 0 Å². The Morgan fingerprint density at radius 3 is 3.12 bits per heavy atom. The molecule has 1 atom stereocenters. The second kappa shape index (κ2) is 5.36. The van der Waals surface area contributed by atoms with Gasteiger partial charge in [-0.25, -0.2) is 4.68 Å². The highest BCUT2D eigenvalue weighted by atomic mass is 15.5. The van der Waals surface area contributed by atoms with Gasteiger partial charge in [0.25, 0.3) is 0 Å². The number of aromatic nitrogens is 4. The molecule has 5 heteroatoms. The van der Waals surface area contributed by atoms with E-state index >= 15 is 0 Å². The normalized spacial score (nSPS) is 12.3. The van der Waals surface area contributed by atoms with E-state index < -0.39 is 0 Å². The zero-order chi connectivity index (χ0) is 12.1. The maximum absolute atomic E-state index is 3.87. The average Bonchev–Trinajstić information content (AvgIpc) is 2.90. The maximum atomic E-state index is 3.87. The SMILES string of the molecule is C=CCN[C@H](C)c1cccc(-n2cnnn2)c1. The second-order valence-corrected chi connectivity index (χ2v) is 3.77. The topological polar surface area (TPSA) is 55.6 Å². The first-order chi connectivity index (χ1) is 8.31. The summed E-state index contributed by atoms with van der Waals surface area (Å²) in [5, 5.41) is 14.5. The monoisotopic (exact) mass is 229 g/mol. The summed E-state index contributed by atoms with van der Waals surface area (Å²) in [5.74, 6) is 0. The van der Waals surface area contributed by atoms with E-state index in [-0.39, 0.29) is 6.04 Å². The Morgan fingerprint density at radius 2 is 2.41 bits per heavy atom. The van der Waals surface area contributed by atoms with Crippen LogP contribution in [0.2, 0.25) is 0 Å². The molecule has 1 aromatic carbocycles. The summed E-state index contributed by atoms with van der Waals surface area (Å²) in [6, 6.07) is 8.38. The number of nitrogens with zero attached hydrogens (tertiary/aromatic N) is 4. The molecule has 88 valence electrons. The Kier molecular flexibility index (Phi) is 3.62. The molecule has 0 radical (unpaired) electrons. The number of nitrogens with one attached hydrogen (secondary N) is 1. The van der Waals surface area contributed by atoms with Crippen molar-refractivity contribution in [2.75, 3.05) is 6.54 Å². The molecule has 1 N–H and O–H groups in total. The van der Waals surface area contributed by atoms with Crippen molar-refractivity contribution < 1.29 is 0 Å². The molecule has 0 bridgehead atoms. The number of rotatable bonds is 5. The van der Waals surface area contributed by atoms with E-state index in [9.17, 15) is 0 Å². The minimum Gasteiger partial charge on any atom is -0.307 e. The molecule has 1 aromatic heterocycles. The Morgan fingerprint density at radius 1 is 1.53 bits per heavy atom. The van der Waals surface area contributed by atoms with Crippen LogP contribution in [0, 0.1) is 0 Å². The third kappa shape index (κ3) is 2.76. The Bertz CT molecular complexity index is 477. The summed E-state index contributed by atoms with van der Waals surface area (Å²) < 4.78 is 1.64. The van der Waals surface area contributed by atoms with Gasteiger partial charge >= 0.3 is 0 Å². The zero-order valence-electron chi connectivity index (χ0n) is 9.74. The number of hydrogen-bond acceptors (Lipinski definition) is 4. The van der Waals surface area contributed by atoms with Gasteiger partial charge in [-0.2, -0.15) is 0 Å². The van der Waals surface area contributed by atoms with Crippen LogP contribution < -0.4 is 5.32 Å². The number of tetrazole rings is 1. The van der Waals surface area contributed by atoms with Crippen molar-refractivity contribution in [2.24, 2.45) is 0 Å². The van der Waals surface area contributed by atoms with Gasteiger partial charge in [0.2, 0.25) is 0 Å². The van der Waals surface area contributed by atoms with Crippen molar-refractivity contribution in [3.05, 3.63) is 48.8 Å². The van der Waals surface area contributed by atoms with Crippen LogP contribution in [0.4, 0.5) is 0 Å². The van der Waals surface area contributed by atoms with Gasteiger partial charge in [0.05, 0.1) is 5.69 Å². The van der Waals surface area contributed by atoms with Crippen LogP contribution in [0.15, 0.2) is 43.2 Å². The molecular weight excluding hydrogens is 214 g/mol. The molecule has 0 fully saturated rings. The highest BCUT2D eigenvalue weighted by Gasteiger charge is 2.05. The van der Waals surface area contributed by atoms with E-state index in [0.29, 0.717) is 0 Å². The van der Waals surface area contributed by atoms with Gasteiger partial charge < -0.3 is 5.32 Å². The van der Waals surface area contributed by atoms with E-state index in [1.54, 1.807) is 11.0 Å². The fourth-order valence-electron chi connectivity index (χ4n) is 1.59. The van der Waals surface area contributed by atoms with Crippen molar-refractivity contribution in [1.82, 2.24) is 25.5 Å². The molecule has 0 spiro atoms. The highest BCUT2D eigenvalue weighted by Crippen LogP contribution is 2.15. The molecule has 0 aliphatic carbocycles. The summed E-state index contributed by atoms with van der Waals surface area (Å²) in [6.45, 7) is 6.59. The van der Waals surface area contributed by atoms with Crippen molar-refractivity contribution in [3.8, 4) is 5.69 Å². The molecule has 0 saturated heterocycles. The second-order valence-electron chi connectivity index (χ2n) is 3.77. The summed E-state index contributed by atoms with van der Waals surface area (Å²) in [7, 11) is 0. The zero-order valence-corrected chi connectivity index (χ0v) is 9.74. The van der Waals surface area contributed by atoms with Gasteiger partial charge in [-0.05, 0) is 35.0 Å². The largest absolute Gasteiger partial charge is 0.307 e. The first-order valence-corrected chi connectivity index (χ1v) is 5.49. The van der Waals surface area contributed by atoms with E-state index in [4.69, 9.17) is 0 Å². The molecule has 1 heterocycles. The number of benzene rings is 1. The standard InChI is InChI=1S/C12H15N5/c1-3-7-13-10(2)11-5-4-6-12(8-11)17-9-14-15-16-17/h3-6,8-10,13H,1,7H2,2H3/t10-/m1/s1. The lowest BCUT2D eigenvalue weighted by Gasteiger charge is -2.13. The van der Waals surface area contributed by atoms with Crippen LogP contribution in [-0.4, -0.2) is 26.8 Å². The van der Waals surface area contributed by atoms with Gasteiger partial charge in [-0.1, -0.05) is 18.2 Å². The summed E-state index contributed by atoms with van der Waals surface area (Å²) in [4.78, 5) is 0. The van der Waals surface area contributed by atoms with E-state index in [2.05, 4.69) is 46.5 Å². The third-order valence-electron chi connectivity index (χ3n) is 2.55. The maximum Gasteiger partial charge on any atom is 0.143 e. The van der Waals surface area contributed by atoms with Gasteiger partial charge in [0, 0.05) is 12.6 Å². The summed E-state index contributed by atoms with van der Waals surface area (Å²) >= 11 is 0. The minimum atomic E-state index is 0.268. The van der Waals surface area contributed by atoms with Gasteiger partial charge in [-0.3, -0.25) is 0 Å². The highest BCUT2D eigenvalue weighted by molar-refractivity contribution is 5.35. The lowest BCUT2D eigenvalue weighted by atomic mass is 10.1. The predicted molar refractivity (Wildman–Crippen MR) is 65.8 cm³/mol. The molecule has 2 aromatic rings. The van der Waals surface area contributed by atoms with Crippen LogP contribution in [-0.2, 0) is 0 Å².